The third-order valence-electron chi connectivity index (χ3n) is 3.94. The molecule has 0 aromatic heterocycles. The largest absolute Gasteiger partial charge is 0.352 e. The lowest BCUT2D eigenvalue weighted by Gasteiger charge is -2.20. The Labute approximate surface area is 136 Å². The fourth-order valence-electron chi connectivity index (χ4n) is 2.69. The van der Waals surface area contributed by atoms with Crippen LogP contribution < -0.4 is 21.7 Å². The second kappa shape index (κ2) is 8.33. The van der Waals surface area contributed by atoms with Crippen molar-refractivity contribution in [3.8, 4) is 0 Å². The summed E-state index contributed by atoms with van der Waals surface area (Å²) in [7, 11) is 0. The monoisotopic (exact) mass is 316 g/mol. The molecule has 1 aromatic rings. The highest BCUT2D eigenvalue weighted by atomic mass is 16.2. The van der Waals surface area contributed by atoms with E-state index in [1.54, 1.807) is 0 Å². The van der Waals surface area contributed by atoms with Crippen LogP contribution in [0.25, 0.3) is 0 Å². The van der Waals surface area contributed by atoms with Gasteiger partial charge in [-0.3, -0.25) is 4.79 Å². The Bertz CT molecular complexity index is 598. The predicted molar refractivity (Wildman–Crippen MR) is 89.8 cm³/mol. The van der Waals surface area contributed by atoms with Crippen molar-refractivity contribution in [3.63, 3.8) is 0 Å². The molecule has 1 aromatic carbocycles. The minimum atomic E-state index is -0.632. The summed E-state index contributed by atoms with van der Waals surface area (Å²) in [5, 5.41) is 8.81. The Hall–Kier alpha value is -2.34. The number of rotatable bonds is 6. The van der Waals surface area contributed by atoms with Crippen molar-refractivity contribution in [3.05, 3.63) is 47.0 Å². The molecule has 0 aliphatic carbocycles. The highest BCUT2D eigenvalue weighted by Gasteiger charge is 2.19. The first-order chi connectivity index (χ1) is 11.1. The number of urea groups is 1. The van der Waals surface area contributed by atoms with Crippen molar-refractivity contribution < 1.29 is 9.59 Å². The molecule has 0 bridgehead atoms. The molecule has 0 saturated carbocycles. The fourth-order valence-corrected chi connectivity index (χ4v) is 2.69. The molecular formula is C17H24N4O2. The minimum Gasteiger partial charge on any atom is -0.352 e. The van der Waals surface area contributed by atoms with Crippen molar-refractivity contribution in [1.82, 2.24) is 16.0 Å². The summed E-state index contributed by atoms with van der Waals surface area (Å²) in [6.45, 7) is 4.29. The maximum Gasteiger partial charge on any atom is 0.312 e. The molecule has 0 spiro atoms. The molecule has 1 aliphatic heterocycles. The van der Waals surface area contributed by atoms with Crippen molar-refractivity contribution in [2.24, 2.45) is 5.73 Å². The van der Waals surface area contributed by atoms with E-state index in [0.29, 0.717) is 6.54 Å². The van der Waals surface area contributed by atoms with Gasteiger partial charge in [0.05, 0.1) is 12.5 Å². The van der Waals surface area contributed by atoms with Crippen LogP contribution in [0.2, 0.25) is 0 Å². The molecule has 5 N–H and O–H groups in total. The number of nitrogens with two attached hydrogens (primary N) is 1. The van der Waals surface area contributed by atoms with Crippen LogP contribution in [0.1, 0.15) is 30.0 Å². The van der Waals surface area contributed by atoms with Gasteiger partial charge in [0.15, 0.2) is 0 Å². The average Bonchev–Trinajstić information content (AvgIpc) is 2.53. The third-order valence-corrected chi connectivity index (χ3v) is 3.94. The zero-order chi connectivity index (χ0) is 16.7. The van der Waals surface area contributed by atoms with E-state index in [2.05, 4.69) is 22.0 Å². The molecule has 23 heavy (non-hydrogen) atoms. The van der Waals surface area contributed by atoms with Crippen LogP contribution in [-0.2, 0) is 4.79 Å². The molecule has 6 nitrogen and oxygen atoms in total. The lowest BCUT2D eigenvalue weighted by molar-refractivity contribution is -0.121. The molecule has 2 rings (SSSR count). The molecule has 0 fully saturated rings. The maximum absolute atomic E-state index is 12.2. The van der Waals surface area contributed by atoms with E-state index in [9.17, 15) is 9.59 Å². The van der Waals surface area contributed by atoms with Gasteiger partial charge in [-0.1, -0.05) is 35.9 Å². The van der Waals surface area contributed by atoms with E-state index < -0.39 is 12.1 Å². The van der Waals surface area contributed by atoms with E-state index in [4.69, 9.17) is 5.73 Å². The summed E-state index contributed by atoms with van der Waals surface area (Å²) in [6, 6.07) is 6.60. The van der Waals surface area contributed by atoms with Gasteiger partial charge < -0.3 is 21.7 Å². The van der Waals surface area contributed by atoms with Gasteiger partial charge in [-0.05, 0) is 31.0 Å². The van der Waals surface area contributed by atoms with Crippen molar-refractivity contribution >= 4 is 11.9 Å². The molecule has 1 heterocycles. The normalized spacial score (nSPS) is 15.4. The number of nitrogens with one attached hydrogen (secondary N) is 3. The summed E-state index contributed by atoms with van der Waals surface area (Å²) in [6.07, 6.45) is 3.21. The van der Waals surface area contributed by atoms with Crippen molar-refractivity contribution in [1.29, 1.82) is 0 Å². The fraction of sp³-hybridized carbons (Fsp3) is 0.412. The Morgan fingerprint density at radius 3 is 2.78 bits per heavy atom. The maximum atomic E-state index is 12.2. The van der Waals surface area contributed by atoms with E-state index in [1.807, 2.05) is 31.2 Å². The van der Waals surface area contributed by atoms with Gasteiger partial charge >= 0.3 is 6.03 Å². The molecule has 6 heteroatoms. The molecule has 1 aliphatic rings. The van der Waals surface area contributed by atoms with E-state index in [1.165, 1.54) is 5.57 Å². The Balaban J connectivity index is 1.97. The van der Waals surface area contributed by atoms with Gasteiger partial charge in [0, 0.05) is 13.1 Å². The molecule has 1 unspecified atom stereocenters. The van der Waals surface area contributed by atoms with Gasteiger partial charge in [0.1, 0.15) is 0 Å². The number of hydrogen-bond acceptors (Lipinski definition) is 3. The van der Waals surface area contributed by atoms with Gasteiger partial charge in [0.2, 0.25) is 5.91 Å². The highest BCUT2D eigenvalue weighted by molar-refractivity contribution is 5.79. The van der Waals surface area contributed by atoms with Crippen molar-refractivity contribution in [2.75, 3.05) is 19.6 Å². The number of carbonyl (C=O) groups excluding carboxylic acids is 2. The summed E-state index contributed by atoms with van der Waals surface area (Å²) in [5.74, 6) is -0.105. The summed E-state index contributed by atoms with van der Waals surface area (Å²) < 4.78 is 0. The molecule has 124 valence electrons. The van der Waals surface area contributed by atoms with E-state index in [-0.39, 0.29) is 12.3 Å². The minimum absolute atomic E-state index is 0.105. The molecular weight excluding hydrogens is 292 g/mol. The lowest BCUT2D eigenvalue weighted by Crippen LogP contribution is -2.37. The van der Waals surface area contributed by atoms with Crippen LogP contribution in [0, 0.1) is 6.92 Å². The molecule has 3 amide bonds. The smallest absolute Gasteiger partial charge is 0.312 e. The molecule has 1 atom stereocenters. The first-order valence-corrected chi connectivity index (χ1v) is 7.83. The van der Waals surface area contributed by atoms with Crippen LogP contribution in [0.4, 0.5) is 4.79 Å². The van der Waals surface area contributed by atoms with Crippen LogP contribution in [0.15, 0.2) is 35.9 Å². The number of aryl methyl sites for hydroxylation is 1. The first kappa shape index (κ1) is 17.0. The van der Waals surface area contributed by atoms with E-state index >= 15 is 0 Å². The summed E-state index contributed by atoms with van der Waals surface area (Å²) in [5.41, 5.74) is 8.40. The zero-order valence-corrected chi connectivity index (χ0v) is 13.4. The standard InChI is InChI=1S/C17H24N4O2/c1-12-4-2-3-5-14(12)15(21-17(18)23)10-16(22)20-11-13-6-8-19-9-7-13/h2-6,15,19H,7-11H2,1H3,(H,20,22)(H3,18,21,23). The average molecular weight is 316 g/mol. The Morgan fingerprint density at radius 1 is 1.35 bits per heavy atom. The second-order valence-electron chi connectivity index (χ2n) is 5.72. The lowest BCUT2D eigenvalue weighted by atomic mass is 9.98. The van der Waals surface area contributed by atoms with Crippen LogP contribution in [-0.4, -0.2) is 31.6 Å². The molecule has 0 saturated heterocycles. The van der Waals surface area contributed by atoms with Gasteiger partial charge in [-0.2, -0.15) is 0 Å². The zero-order valence-electron chi connectivity index (χ0n) is 13.4. The SMILES string of the molecule is Cc1ccccc1C(CC(=O)NCC1=CCNCC1)NC(N)=O. The highest BCUT2D eigenvalue weighted by Crippen LogP contribution is 2.20. The second-order valence-corrected chi connectivity index (χ2v) is 5.72. The number of amides is 3. The number of benzene rings is 1. The quantitative estimate of drug-likeness (QED) is 0.592. The van der Waals surface area contributed by atoms with Crippen LogP contribution in [0.5, 0.6) is 0 Å². The van der Waals surface area contributed by atoms with Gasteiger partial charge in [-0.25, -0.2) is 4.79 Å². The van der Waals surface area contributed by atoms with Crippen molar-refractivity contribution in [2.45, 2.75) is 25.8 Å². The number of primary amides is 1. The number of hydrogen-bond donors (Lipinski definition) is 4. The Kier molecular flexibility index (Phi) is 6.17. The van der Waals surface area contributed by atoms with Crippen LogP contribution in [0.3, 0.4) is 0 Å². The number of carbonyl (C=O) groups is 2. The summed E-state index contributed by atoms with van der Waals surface area (Å²) in [4.78, 5) is 23.5. The molecule has 0 radical (unpaired) electrons. The van der Waals surface area contributed by atoms with Gasteiger partial charge in [-0.15, -0.1) is 0 Å². The van der Waals surface area contributed by atoms with E-state index in [0.717, 1.165) is 30.6 Å². The predicted octanol–water partition coefficient (Wildman–Crippen LogP) is 1.13. The summed E-state index contributed by atoms with van der Waals surface area (Å²) >= 11 is 0. The van der Waals surface area contributed by atoms with Crippen LogP contribution >= 0.6 is 0 Å². The van der Waals surface area contributed by atoms with Gasteiger partial charge in [0.25, 0.3) is 0 Å². The third kappa shape index (κ3) is 5.41. The first-order valence-electron chi connectivity index (χ1n) is 7.83. The topological polar surface area (TPSA) is 96.2 Å². The Morgan fingerprint density at radius 2 is 2.13 bits per heavy atom.